The number of anilines is 2. The second kappa shape index (κ2) is 12.3. The van der Waals surface area contributed by atoms with E-state index in [-0.39, 0.29) is 0 Å². The number of aromatic amines is 2. The van der Waals surface area contributed by atoms with Crippen molar-refractivity contribution in [2.45, 2.75) is 6.54 Å². The summed E-state index contributed by atoms with van der Waals surface area (Å²) in [4.78, 5) is 19.9. The van der Waals surface area contributed by atoms with Crippen LogP contribution in [0.3, 0.4) is 0 Å². The number of benzene rings is 2. The zero-order valence-corrected chi connectivity index (χ0v) is 24.5. The zero-order valence-electron chi connectivity index (χ0n) is 21.6. The minimum absolute atomic E-state index is 0.505. The van der Waals surface area contributed by atoms with Gasteiger partial charge in [0, 0.05) is 52.0 Å². The van der Waals surface area contributed by atoms with Crippen LogP contribution in [0.25, 0.3) is 33.9 Å². The van der Waals surface area contributed by atoms with E-state index in [0.29, 0.717) is 34.6 Å². The molecule has 6 rings (SSSR count). The van der Waals surface area contributed by atoms with Crippen LogP contribution >= 0.6 is 30.1 Å². The van der Waals surface area contributed by atoms with E-state index in [1.54, 1.807) is 19.5 Å². The maximum absolute atomic E-state index is 5.55. The van der Waals surface area contributed by atoms with Crippen LogP contribution in [0.15, 0.2) is 54.9 Å². The number of fused-ring (bicyclic) bond motifs is 1. The summed E-state index contributed by atoms with van der Waals surface area (Å²) < 4.78 is 11.0. The van der Waals surface area contributed by atoms with Crippen LogP contribution in [0.4, 0.5) is 11.5 Å². The van der Waals surface area contributed by atoms with Crippen LogP contribution in [0.2, 0.25) is 0 Å². The van der Waals surface area contributed by atoms with Gasteiger partial charge in [0.25, 0.3) is 0 Å². The number of rotatable bonds is 7. The van der Waals surface area contributed by atoms with E-state index in [1.165, 1.54) is 14.5 Å². The maximum Gasteiger partial charge on any atom is 0.179 e. The summed E-state index contributed by atoms with van der Waals surface area (Å²) in [5.41, 5.74) is 6.24. The predicted molar refractivity (Wildman–Crippen MR) is 166 cm³/mol. The topological polar surface area (TPSA) is 117 Å². The Morgan fingerprint density at radius 3 is 2.90 bits per heavy atom. The largest absolute Gasteiger partial charge is 0.491 e. The Hall–Kier alpha value is -3.64. The van der Waals surface area contributed by atoms with Gasteiger partial charge in [-0.3, -0.25) is 10.00 Å². The van der Waals surface area contributed by atoms with E-state index in [2.05, 4.69) is 74.9 Å². The third kappa shape index (κ3) is 5.92. The van der Waals surface area contributed by atoms with Crippen LogP contribution in [0.1, 0.15) is 11.1 Å². The van der Waals surface area contributed by atoms with Crippen molar-refractivity contribution in [1.29, 1.82) is 0 Å². The fourth-order valence-corrected chi connectivity index (χ4v) is 5.03. The molecule has 0 aliphatic carbocycles. The van der Waals surface area contributed by atoms with Gasteiger partial charge >= 0.3 is 0 Å². The molecule has 10 nitrogen and oxygen atoms in total. The number of aromatic nitrogens is 6. The van der Waals surface area contributed by atoms with E-state index in [1.807, 2.05) is 30.3 Å². The molecule has 0 unspecified atom stereocenters. The number of ether oxygens (including phenoxy) is 2. The third-order valence-electron chi connectivity index (χ3n) is 6.52. The monoisotopic (exact) mass is 664 g/mol. The first-order chi connectivity index (χ1) is 19.7. The van der Waals surface area contributed by atoms with Gasteiger partial charge in [0.15, 0.2) is 23.2 Å². The average Bonchev–Trinajstić information content (AvgIpc) is 3.63. The summed E-state index contributed by atoms with van der Waals surface area (Å²) >= 11 is 2.15. The molecular formula is C28H25IN8O2S. The fraction of sp³-hybridized carbons (Fsp3) is 0.214. The first-order valence-corrected chi connectivity index (χ1v) is 16.0. The molecule has 1 fully saturated rings. The molecule has 1 saturated heterocycles. The molecule has 0 saturated carbocycles. The van der Waals surface area contributed by atoms with E-state index in [9.17, 15) is 0 Å². The van der Waals surface area contributed by atoms with Gasteiger partial charge in [0.1, 0.15) is 5.69 Å². The van der Waals surface area contributed by atoms with Crippen molar-refractivity contribution < 1.29 is 9.47 Å². The van der Waals surface area contributed by atoms with Gasteiger partial charge in [-0.25, -0.2) is 15.0 Å². The minimum atomic E-state index is 0.505. The molecule has 3 aromatic heterocycles. The molecule has 2 aromatic carbocycles. The number of halogens is 1. The fourth-order valence-electron chi connectivity index (χ4n) is 4.54. The number of methoxy groups -OCH3 is 1. The molecule has 4 heterocycles. The Labute approximate surface area is 247 Å². The minimum Gasteiger partial charge on any atom is -0.491 e. The van der Waals surface area contributed by atoms with Crippen LogP contribution in [0, 0.1) is 11.2 Å². The highest BCUT2D eigenvalue weighted by Crippen LogP contribution is 2.32. The summed E-state index contributed by atoms with van der Waals surface area (Å²) in [6.07, 6.45) is 3.35. The predicted octanol–water partition coefficient (Wildman–Crippen LogP) is 5.39. The molecule has 1 aliphatic heterocycles. The van der Waals surface area contributed by atoms with Gasteiger partial charge in [-0.1, -0.05) is 24.1 Å². The lowest BCUT2D eigenvalue weighted by molar-refractivity contribution is 0.0342. The quantitative estimate of drug-likeness (QED) is 0.156. The van der Waals surface area contributed by atoms with Crippen molar-refractivity contribution in [3.63, 3.8) is 0 Å². The number of hydrogen-bond acceptors (Lipinski definition) is 9. The highest BCUT2D eigenvalue weighted by molar-refractivity contribution is 14.2. The van der Waals surface area contributed by atoms with Crippen LogP contribution in [-0.2, 0) is 11.3 Å². The van der Waals surface area contributed by atoms with E-state index in [4.69, 9.17) is 19.4 Å². The third-order valence-corrected chi connectivity index (χ3v) is 7.36. The molecule has 1 aliphatic rings. The number of morpholine rings is 1. The summed E-state index contributed by atoms with van der Waals surface area (Å²) in [6.45, 7) is 4.34. The van der Waals surface area contributed by atoms with Crippen LogP contribution in [-0.4, -0.2) is 68.4 Å². The molecule has 3 N–H and O–H groups in total. The molecule has 202 valence electrons. The number of hydrogen-bond donors (Lipinski definition) is 3. The standard InChI is InChI=1S/C28H25IN8O2S/c1-38-24-16-30-26(20-4-2-3-18(13-20)7-12-40-29)35-27(24)34-23-15-31-36-25(23)28-32-21-6-5-19(14-22(21)33-28)17-37-8-10-39-11-9-37/h2-6,13-16H,8-11,17H2,1H3,(H,31,36)(H,32,33)(H,30,34,35). The molecule has 0 radical (unpaired) electrons. The molecule has 0 atom stereocenters. The van der Waals surface area contributed by atoms with Crippen molar-refractivity contribution in [3.8, 4) is 39.8 Å². The second-order valence-corrected chi connectivity index (χ2v) is 10.8. The summed E-state index contributed by atoms with van der Waals surface area (Å²) in [5.74, 6) is 5.36. The van der Waals surface area contributed by atoms with Crippen molar-refractivity contribution in [3.05, 3.63) is 66.0 Å². The number of imidazole rings is 1. The number of H-pyrrole nitrogens is 2. The lowest BCUT2D eigenvalue weighted by Crippen LogP contribution is -2.35. The maximum atomic E-state index is 5.55. The Kier molecular flexibility index (Phi) is 8.14. The molecule has 0 amide bonds. The normalized spacial score (nSPS) is 13.7. The van der Waals surface area contributed by atoms with Crippen molar-refractivity contribution in [2.75, 3.05) is 38.7 Å². The van der Waals surface area contributed by atoms with Crippen LogP contribution < -0.4 is 10.1 Å². The lowest BCUT2D eigenvalue weighted by Gasteiger charge is -2.26. The molecule has 0 spiro atoms. The molecule has 5 aromatic rings. The van der Waals surface area contributed by atoms with Gasteiger partial charge < -0.3 is 19.8 Å². The van der Waals surface area contributed by atoms with Crippen LogP contribution in [0.5, 0.6) is 5.75 Å². The van der Waals surface area contributed by atoms with Gasteiger partial charge in [-0.2, -0.15) is 5.10 Å². The highest BCUT2D eigenvalue weighted by atomic mass is 127. The van der Waals surface area contributed by atoms with Crippen molar-refractivity contribution in [2.24, 2.45) is 0 Å². The second-order valence-electron chi connectivity index (χ2n) is 9.10. The number of nitrogens with zero attached hydrogens (tertiary/aromatic N) is 5. The Bertz CT molecular complexity index is 1700. The lowest BCUT2D eigenvalue weighted by atomic mass is 10.1. The summed E-state index contributed by atoms with van der Waals surface area (Å²) in [5, 5.41) is 13.7. The van der Waals surface area contributed by atoms with Crippen molar-refractivity contribution in [1.82, 2.24) is 35.0 Å². The van der Waals surface area contributed by atoms with Gasteiger partial charge in [-0.15, -0.1) is 0 Å². The van der Waals surface area contributed by atoms with Crippen molar-refractivity contribution >= 4 is 52.7 Å². The number of nitrogens with one attached hydrogen (secondary N) is 3. The van der Waals surface area contributed by atoms with E-state index in [0.717, 1.165) is 55.0 Å². The zero-order chi connectivity index (χ0) is 27.3. The van der Waals surface area contributed by atoms with E-state index < -0.39 is 0 Å². The first kappa shape index (κ1) is 26.6. The van der Waals surface area contributed by atoms with Gasteiger partial charge in [0.05, 0.1) is 49.4 Å². The highest BCUT2D eigenvalue weighted by Gasteiger charge is 2.17. The molecule has 0 bridgehead atoms. The molecule has 12 heteroatoms. The molecule has 40 heavy (non-hydrogen) atoms. The Balaban J connectivity index is 1.27. The smallest absolute Gasteiger partial charge is 0.179 e. The van der Waals surface area contributed by atoms with Gasteiger partial charge in [-0.05, 0) is 44.0 Å². The summed E-state index contributed by atoms with van der Waals surface area (Å²) in [7, 11) is 3.03. The van der Waals surface area contributed by atoms with E-state index >= 15 is 0 Å². The Morgan fingerprint density at radius 1 is 1.15 bits per heavy atom. The SMILES string of the molecule is COc1cnc(-c2cccc(C#CSI)c2)nc1Nc1cn[nH]c1-c1nc2ccc(CN3CCOCC3)cc2[nH]1. The first-order valence-electron chi connectivity index (χ1n) is 12.6. The van der Waals surface area contributed by atoms with Gasteiger partial charge in [0.2, 0.25) is 0 Å². The summed E-state index contributed by atoms with van der Waals surface area (Å²) in [6, 6.07) is 14.2. The average molecular weight is 665 g/mol. The Morgan fingerprint density at radius 2 is 2.05 bits per heavy atom. The molecular weight excluding hydrogens is 639 g/mol.